The van der Waals surface area contributed by atoms with E-state index in [1.54, 1.807) is 43.5 Å². The Bertz CT molecular complexity index is 1070. The molecule has 3 aromatic rings. The molecule has 0 radical (unpaired) electrons. The Morgan fingerprint density at radius 3 is 2.65 bits per heavy atom. The van der Waals surface area contributed by atoms with Crippen LogP contribution >= 0.6 is 24.0 Å². The minimum atomic E-state index is -4.87. The lowest BCUT2D eigenvalue weighted by Gasteiger charge is -2.14. The van der Waals surface area contributed by atoms with Gasteiger partial charge in [-0.15, -0.1) is 12.4 Å². The summed E-state index contributed by atoms with van der Waals surface area (Å²) in [6.45, 7) is 1.83. The number of pyridine rings is 1. The van der Waals surface area contributed by atoms with Gasteiger partial charge in [-0.3, -0.25) is 4.98 Å². The molecule has 0 saturated heterocycles. The maximum atomic E-state index is 13.4. The molecule has 1 aromatic carbocycles. The van der Waals surface area contributed by atoms with Crippen LogP contribution in [-0.4, -0.2) is 21.0 Å². The number of aryl methyl sites for hydroxylation is 1. The zero-order chi connectivity index (χ0) is 21.7. The van der Waals surface area contributed by atoms with Gasteiger partial charge in [0.2, 0.25) is 5.95 Å². The number of carbonyl (C=O) groups is 1. The SMILES string of the molecule is Cc1cc(CNC(=O)Oc2cnc(Nc3cccc(Cl)c3)nc2C(F)(F)F)ccn1.Cl. The molecule has 2 aromatic heterocycles. The van der Waals surface area contributed by atoms with Crippen molar-refractivity contribution < 1.29 is 22.7 Å². The fourth-order valence-electron chi connectivity index (χ4n) is 2.43. The van der Waals surface area contributed by atoms with Gasteiger partial charge >= 0.3 is 12.3 Å². The largest absolute Gasteiger partial charge is 0.437 e. The van der Waals surface area contributed by atoms with Crippen LogP contribution in [0.2, 0.25) is 5.02 Å². The average molecular weight is 474 g/mol. The number of anilines is 2. The Labute approximate surface area is 186 Å². The van der Waals surface area contributed by atoms with Crippen molar-refractivity contribution in [3.63, 3.8) is 0 Å². The van der Waals surface area contributed by atoms with Gasteiger partial charge in [-0.1, -0.05) is 17.7 Å². The minimum absolute atomic E-state index is 0. The third-order valence-electron chi connectivity index (χ3n) is 3.71. The van der Waals surface area contributed by atoms with E-state index in [-0.39, 0.29) is 24.9 Å². The van der Waals surface area contributed by atoms with Crippen LogP contribution in [0.3, 0.4) is 0 Å². The maximum Gasteiger partial charge on any atom is 0.437 e. The third-order valence-corrected chi connectivity index (χ3v) is 3.94. The monoisotopic (exact) mass is 473 g/mol. The second-order valence-corrected chi connectivity index (χ2v) is 6.52. The van der Waals surface area contributed by atoms with Crippen molar-refractivity contribution >= 4 is 41.7 Å². The first-order valence-electron chi connectivity index (χ1n) is 8.55. The first-order valence-corrected chi connectivity index (χ1v) is 8.92. The first-order chi connectivity index (χ1) is 14.2. The van der Waals surface area contributed by atoms with Crippen LogP contribution < -0.4 is 15.4 Å². The van der Waals surface area contributed by atoms with Gasteiger partial charge < -0.3 is 15.4 Å². The van der Waals surface area contributed by atoms with Crippen molar-refractivity contribution in [2.75, 3.05) is 5.32 Å². The third kappa shape index (κ3) is 6.97. The number of halogens is 5. The summed E-state index contributed by atoms with van der Waals surface area (Å²) in [4.78, 5) is 23.2. The molecule has 0 aliphatic rings. The Kier molecular flexibility index (Phi) is 8.01. The molecule has 3 rings (SSSR count). The molecule has 0 fully saturated rings. The Balaban J connectivity index is 0.00000341. The average Bonchev–Trinajstić information content (AvgIpc) is 2.67. The molecule has 12 heteroatoms. The number of alkyl halides is 3. The predicted molar refractivity (Wildman–Crippen MR) is 111 cm³/mol. The van der Waals surface area contributed by atoms with Crippen LogP contribution in [0, 0.1) is 6.92 Å². The predicted octanol–water partition coefficient (Wildman–Crippen LogP) is 5.31. The summed E-state index contributed by atoms with van der Waals surface area (Å²) in [7, 11) is 0. The standard InChI is InChI=1S/C19H15ClF3N5O2.ClH/c1-11-7-12(5-6-24-11)9-26-18(29)30-15-10-25-17(28-16(15)19(21,22)23)27-14-4-2-3-13(20)8-14;/h2-8,10H,9H2,1H3,(H,26,29)(H,25,27,28);1H. The summed E-state index contributed by atoms with van der Waals surface area (Å²) >= 11 is 5.85. The summed E-state index contributed by atoms with van der Waals surface area (Å²) < 4.78 is 45.0. The van der Waals surface area contributed by atoms with Crippen molar-refractivity contribution in [2.24, 2.45) is 0 Å². The maximum absolute atomic E-state index is 13.4. The Morgan fingerprint density at radius 1 is 1.19 bits per heavy atom. The number of hydrogen-bond acceptors (Lipinski definition) is 6. The van der Waals surface area contributed by atoms with Gasteiger partial charge in [0.25, 0.3) is 0 Å². The van der Waals surface area contributed by atoms with E-state index in [2.05, 4.69) is 25.6 Å². The number of amides is 1. The molecule has 2 N–H and O–H groups in total. The van der Waals surface area contributed by atoms with Crippen LogP contribution in [0.1, 0.15) is 17.0 Å². The number of aromatic nitrogens is 3. The van der Waals surface area contributed by atoms with Crippen LogP contribution in [0.4, 0.5) is 29.6 Å². The lowest BCUT2D eigenvalue weighted by molar-refractivity contribution is -0.142. The quantitative estimate of drug-likeness (QED) is 0.522. The van der Waals surface area contributed by atoms with E-state index in [0.717, 1.165) is 11.9 Å². The number of benzene rings is 1. The van der Waals surface area contributed by atoms with E-state index >= 15 is 0 Å². The van der Waals surface area contributed by atoms with Gasteiger partial charge in [-0.2, -0.15) is 13.2 Å². The van der Waals surface area contributed by atoms with Gasteiger partial charge in [-0.25, -0.2) is 14.8 Å². The Hall–Kier alpha value is -3.11. The van der Waals surface area contributed by atoms with Gasteiger partial charge in [0, 0.05) is 29.1 Å². The van der Waals surface area contributed by atoms with Crippen molar-refractivity contribution in [3.8, 4) is 5.75 Å². The normalized spacial score (nSPS) is 10.7. The van der Waals surface area contributed by atoms with E-state index in [0.29, 0.717) is 16.3 Å². The number of nitrogens with one attached hydrogen (secondary N) is 2. The van der Waals surface area contributed by atoms with E-state index in [1.165, 1.54) is 6.07 Å². The number of ether oxygens (including phenoxy) is 1. The van der Waals surface area contributed by atoms with Crippen LogP contribution in [-0.2, 0) is 12.7 Å². The van der Waals surface area contributed by atoms with Crippen molar-refractivity contribution in [1.29, 1.82) is 0 Å². The molecule has 0 aliphatic heterocycles. The minimum Gasteiger partial charge on any atom is -0.406 e. The van der Waals surface area contributed by atoms with Crippen molar-refractivity contribution in [2.45, 2.75) is 19.6 Å². The van der Waals surface area contributed by atoms with Crippen LogP contribution in [0.25, 0.3) is 0 Å². The summed E-state index contributed by atoms with van der Waals surface area (Å²) in [5.74, 6) is -1.15. The smallest absolute Gasteiger partial charge is 0.406 e. The van der Waals surface area contributed by atoms with E-state index in [4.69, 9.17) is 16.3 Å². The highest BCUT2D eigenvalue weighted by Crippen LogP contribution is 2.35. The number of hydrogen-bond donors (Lipinski definition) is 2. The van der Waals surface area contributed by atoms with Gasteiger partial charge in [0.05, 0.1) is 6.20 Å². The van der Waals surface area contributed by atoms with Crippen molar-refractivity contribution in [1.82, 2.24) is 20.3 Å². The van der Waals surface area contributed by atoms with Gasteiger partial charge in [0.1, 0.15) is 0 Å². The molecule has 0 atom stereocenters. The highest BCUT2D eigenvalue weighted by Gasteiger charge is 2.38. The van der Waals surface area contributed by atoms with E-state index < -0.39 is 23.7 Å². The lowest BCUT2D eigenvalue weighted by atomic mass is 10.2. The number of carbonyl (C=O) groups excluding carboxylic acids is 1. The second-order valence-electron chi connectivity index (χ2n) is 6.09. The second kappa shape index (κ2) is 10.3. The summed E-state index contributed by atoms with van der Waals surface area (Å²) in [5, 5.41) is 5.38. The molecule has 2 heterocycles. The van der Waals surface area contributed by atoms with E-state index in [9.17, 15) is 18.0 Å². The molecule has 164 valence electrons. The van der Waals surface area contributed by atoms with Crippen LogP contribution in [0.15, 0.2) is 48.8 Å². The van der Waals surface area contributed by atoms with Crippen LogP contribution in [0.5, 0.6) is 5.75 Å². The molecule has 7 nitrogen and oxygen atoms in total. The van der Waals surface area contributed by atoms with Gasteiger partial charge in [-0.05, 0) is 42.8 Å². The molecule has 31 heavy (non-hydrogen) atoms. The molecule has 0 saturated carbocycles. The van der Waals surface area contributed by atoms with Gasteiger partial charge in [0.15, 0.2) is 11.4 Å². The molecule has 0 bridgehead atoms. The molecule has 0 unspecified atom stereocenters. The fraction of sp³-hybridized carbons (Fsp3) is 0.158. The number of nitrogens with zero attached hydrogens (tertiary/aromatic N) is 3. The topological polar surface area (TPSA) is 89.0 Å². The fourth-order valence-corrected chi connectivity index (χ4v) is 2.62. The highest BCUT2D eigenvalue weighted by molar-refractivity contribution is 6.30. The zero-order valence-electron chi connectivity index (χ0n) is 15.9. The molecule has 0 aliphatic carbocycles. The highest BCUT2D eigenvalue weighted by atomic mass is 35.5. The summed E-state index contributed by atoms with van der Waals surface area (Å²) in [6.07, 6.45) is -3.61. The first kappa shape index (κ1) is 24.2. The number of rotatable bonds is 5. The summed E-state index contributed by atoms with van der Waals surface area (Å²) in [6, 6.07) is 9.69. The molecule has 1 amide bonds. The molecular weight excluding hydrogens is 458 g/mol. The lowest BCUT2D eigenvalue weighted by Crippen LogP contribution is -2.27. The molecule has 0 spiro atoms. The Morgan fingerprint density at radius 2 is 1.97 bits per heavy atom. The zero-order valence-corrected chi connectivity index (χ0v) is 17.5. The molecular formula is C19H16Cl2F3N5O2. The summed E-state index contributed by atoms with van der Waals surface area (Å²) in [5.41, 5.74) is 0.456. The van der Waals surface area contributed by atoms with E-state index in [1.807, 2.05) is 0 Å². The van der Waals surface area contributed by atoms with Crippen molar-refractivity contribution in [3.05, 3.63) is 70.8 Å².